The lowest BCUT2D eigenvalue weighted by molar-refractivity contribution is 0.102. The Bertz CT molecular complexity index is 733. The van der Waals surface area contributed by atoms with E-state index in [4.69, 9.17) is 5.11 Å². The normalized spacial score (nSPS) is 9.67. The van der Waals surface area contributed by atoms with E-state index in [0.717, 1.165) is 0 Å². The van der Waals surface area contributed by atoms with Gasteiger partial charge in [-0.15, -0.1) is 0 Å². The van der Waals surface area contributed by atoms with Gasteiger partial charge in [0.15, 0.2) is 0 Å². The second-order valence-corrected chi connectivity index (χ2v) is 4.30. The molecule has 0 aliphatic heterocycles. The number of nitrogens with zero attached hydrogens (tertiary/aromatic N) is 1. The molecule has 0 spiro atoms. The zero-order valence-corrected chi connectivity index (χ0v) is 11.4. The summed E-state index contributed by atoms with van der Waals surface area (Å²) in [7, 11) is 0. The molecule has 1 amide bonds. The van der Waals surface area contributed by atoms with Crippen LogP contribution < -0.4 is 5.32 Å². The lowest BCUT2D eigenvalue weighted by Crippen LogP contribution is -2.14. The number of aliphatic hydroxyl groups is 1. The minimum Gasteiger partial charge on any atom is -0.384 e. The van der Waals surface area contributed by atoms with Crippen LogP contribution in [-0.2, 0) is 0 Å². The van der Waals surface area contributed by atoms with Crippen LogP contribution in [0.4, 0.5) is 10.2 Å². The fraction of sp³-hybridized carbons (Fsp3) is 0.125. The number of anilines is 1. The van der Waals surface area contributed by atoms with Crippen LogP contribution in [0.3, 0.4) is 0 Å². The Kier molecular flexibility index (Phi) is 4.64. The van der Waals surface area contributed by atoms with Crippen molar-refractivity contribution in [2.45, 2.75) is 6.92 Å². The van der Waals surface area contributed by atoms with Gasteiger partial charge in [0.05, 0.1) is 0 Å². The first kappa shape index (κ1) is 14.7. The average Bonchev–Trinajstić information content (AvgIpc) is 2.45. The van der Waals surface area contributed by atoms with Crippen LogP contribution in [-0.4, -0.2) is 22.6 Å². The number of nitrogens with one attached hydrogen (secondary N) is 1. The molecule has 0 fully saturated rings. The molecule has 2 rings (SSSR count). The van der Waals surface area contributed by atoms with Crippen molar-refractivity contribution in [2.75, 3.05) is 11.9 Å². The number of hydrogen-bond donors (Lipinski definition) is 2. The maximum atomic E-state index is 13.0. The summed E-state index contributed by atoms with van der Waals surface area (Å²) in [6.07, 6.45) is 1.51. The SMILES string of the molecule is Cc1cc(F)ccc1C(=O)Nc1cc(C#CCO)ccn1. The van der Waals surface area contributed by atoms with E-state index in [9.17, 15) is 9.18 Å². The Morgan fingerprint density at radius 1 is 1.38 bits per heavy atom. The molecule has 0 atom stereocenters. The van der Waals surface area contributed by atoms with E-state index >= 15 is 0 Å². The molecule has 0 bridgehead atoms. The largest absolute Gasteiger partial charge is 0.384 e. The summed E-state index contributed by atoms with van der Waals surface area (Å²) in [5.74, 6) is 4.83. The molecule has 21 heavy (non-hydrogen) atoms. The molecule has 4 nitrogen and oxygen atoms in total. The molecule has 106 valence electrons. The van der Waals surface area contributed by atoms with Gasteiger partial charge in [0.25, 0.3) is 5.91 Å². The van der Waals surface area contributed by atoms with E-state index in [2.05, 4.69) is 22.1 Å². The first-order chi connectivity index (χ1) is 10.1. The molecule has 1 heterocycles. The van der Waals surface area contributed by atoms with Crippen molar-refractivity contribution >= 4 is 11.7 Å². The van der Waals surface area contributed by atoms with Crippen molar-refractivity contribution in [3.63, 3.8) is 0 Å². The minimum absolute atomic E-state index is 0.237. The van der Waals surface area contributed by atoms with Gasteiger partial charge in [-0.1, -0.05) is 11.8 Å². The van der Waals surface area contributed by atoms with E-state index in [1.54, 1.807) is 19.1 Å². The molecule has 0 unspecified atom stereocenters. The van der Waals surface area contributed by atoms with Crippen molar-refractivity contribution in [2.24, 2.45) is 0 Å². The number of hydrogen-bond acceptors (Lipinski definition) is 3. The van der Waals surface area contributed by atoms with Gasteiger partial charge in [-0.25, -0.2) is 9.37 Å². The summed E-state index contributed by atoms with van der Waals surface area (Å²) in [6.45, 7) is 1.42. The number of halogens is 1. The van der Waals surface area contributed by atoms with Crippen LogP contribution >= 0.6 is 0 Å². The van der Waals surface area contributed by atoms with E-state index in [1.165, 1.54) is 24.4 Å². The molecule has 0 aliphatic rings. The molecule has 0 saturated carbocycles. The van der Waals surface area contributed by atoms with Crippen LogP contribution in [0.25, 0.3) is 0 Å². The molecular formula is C16H13FN2O2. The number of aryl methyl sites for hydroxylation is 1. The Balaban J connectivity index is 2.19. The van der Waals surface area contributed by atoms with Gasteiger partial charge in [-0.2, -0.15) is 0 Å². The zero-order chi connectivity index (χ0) is 15.2. The van der Waals surface area contributed by atoms with Gasteiger partial charge in [-0.3, -0.25) is 4.79 Å². The fourth-order valence-corrected chi connectivity index (χ4v) is 1.78. The quantitative estimate of drug-likeness (QED) is 0.830. The molecule has 2 aromatic rings. The van der Waals surface area contributed by atoms with E-state index < -0.39 is 0 Å². The lowest BCUT2D eigenvalue weighted by Gasteiger charge is -2.07. The molecule has 0 aliphatic carbocycles. The summed E-state index contributed by atoms with van der Waals surface area (Å²) < 4.78 is 13.0. The van der Waals surface area contributed by atoms with Crippen molar-refractivity contribution in [1.82, 2.24) is 4.98 Å². The van der Waals surface area contributed by atoms with Gasteiger partial charge in [0.2, 0.25) is 0 Å². The monoisotopic (exact) mass is 284 g/mol. The van der Waals surface area contributed by atoms with Crippen LogP contribution in [0.1, 0.15) is 21.5 Å². The number of rotatable bonds is 2. The van der Waals surface area contributed by atoms with E-state index in [0.29, 0.717) is 22.5 Å². The van der Waals surface area contributed by atoms with Crippen molar-refractivity contribution in [3.8, 4) is 11.8 Å². The van der Waals surface area contributed by atoms with Crippen LogP contribution in [0.2, 0.25) is 0 Å². The van der Waals surface area contributed by atoms with E-state index in [-0.39, 0.29) is 18.3 Å². The number of aliphatic hydroxyl groups excluding tert-OH is 1. The fourth-order valence-electron chi connectivity index (χ4n) is 1.78. The van der Waals surface area contributed by atoms with Gasteiger partial charge in [0, 0.05) is 17.3 Å². The predicted octanol–water partition coefficient (Wildman–Crippen LogP) is 2.13. The first-order valence-electron chi connectivity index (χ1n) is 6.23. The Morgan fingerprint density at radius 3 is 2.90 bits per heavy atom. The summed E-state index contributed by atoms with van der Waals surface area (Å²) in [4.78, 5) is 16.1. The molecule has 0 radical (unpaired) electrons. The summed E-state index contributed by atoms with van der Waals surface area (Å²) >= 11 is 0. The highest BCUT2D eigenvalue weighted by molar-refractivity contribution is 6.04. The molecule has 1 aromatic heterocycles. The third-order valence-electron chi connectivity index (χ3n) is 2.75. The molecule has 5 heteroatoms. The van der Waals surface area contributed by atoms with Crippen molar-refractivity contribution in [1.29, 1.82) is 0 Å². The topological polar surface area (TPSA) is 62.2 Å². The smallest absolute Gasteiger partial charge is 0.257 e. The third-order valence-corrected chi connectivity index (χ3v) is 2.75. The number of amides is 1. The zero-order valence-electron chi connectivity index (χ0n) is 11.4. The summed E-state index contributed by atoms with van der Waals surface area (Å²) in [5, 5.41) is 11.3. The maximum Gasteiger partial charge on any atom is 0.257 e. The highest BCUT2D eigenvalue weighted by atomic mass is 19.1. The minimum atomic E-state index is -0.386. The highest BCUT2D eigenvalue weighted by Gasteiger charge is 2.10. The Hall–Kier alpha value is -2.71. The number of aromatic nitrogens is 1. The lowest BCUT2D eigenvalue weighted by atomic mass is 10.1. The highest BCUT2D eigenvalue weighted by Crippen LogP contribution is 2.13. The van der Waals surface area contributed by atoms with Crippen molar-refractivity contribution in [3.05, 3.63) is 59.0 Å². The average molecular weight is 284 g/mol. The third kappa shape index (κ3) is 3.88. The van der Waals surface area contributed by atoms with Gasteiger partial charge in [-0.05, 0) is 42.8 Å². The molecular weight excluding hydrogens is 271 g/mol. The number of benzene rings is 1. The number of carbonyl (C=O) groups excluding carboxylic acids is 1. The number of pyridine rings is 1. The maximum absolute atomic E-state index is 13.0. The second-order valence-electron chi connectivity index (χ2n) is 4.30. The van der Waals surface area contributed by atoms with Crippen molar-refractivity contribution < 1.29 is 14.3 Å². The number of carbonyl (C=O) groups is 1. The standard InChI is InChI=1S/C16H13FN2O2/c1-11-9-13(17)4-5-14(11)16(21)19-15-10-12(3-2-8-20)6-7-18-15/h4-7,9-10,20H,8H2,1H3,(H,18,19,21). The first-order valence-corrected chi connectivity index (χ1v) is 6.23. The van der Waals surface area contributed by atoms with E-state index in [1.807, 2.05) is 0 Å². The molecule has 2 N–H and O–H groups in total. The predicted molar refractivity (Wildman–Crippen MR) is 77.3 cm³/mol. The van der Waals surface area contributed by atoms with Crippen LogP contribution in [0.15, 0.2) is 36.5 Å². The second kappa shape index (κ2) is 6.64. The van der Waals surface area contributed by atoms with Gasteiger partial charge < -0.3 is 10.4 Å². The van der Waals surface area contributed by atoms with Crippen LogP contribution in [0.5, 0.6) is 0 Å². The summed E-state index contributed by atoms with van der Waals surface area (Å²) in [5.41, 5.74) is 1.55. The summed E-state index contributed by atoms with van der Waals surface area (Å²) in [6, 6.07) is 7.22. The molecule has 0 saturated heterocycles. The van der Waals surface area contributed by atoms with Crippen LogP contribution in [0, 0.1) is 24.6 Å². The van der Waals surface area contributed by atoms with Gasteiger partial charge in [0.1, 0.15) is 18.2 Å². The molecule has 1 aromatic carbocycles. The Morgan fingerprint density at radius 2 is 2.19 bits per heavy atom. The Labute approximate surface area is 121 Å². The van der Waals surface area contributed by atoms with Gasteiger partial charge >= 0.3 is 0 Å².